The molecule has 0 radical (unpaired) electrons. The lowest BCUT2D eigenvalue weighted by molar-refractivity contribution is -0.135. The third-order valence-corrected chi connectivity index (χ3v) is 10.8. The molecule has 3 saturated heterocycles. The molecule has 1 atom stereocenters. The molecule has 49 heavy (non-hydrogen) atoms. The average molecular weight is 694 g/mol. The van der Waals surface area contributed by atoms with Crippen molar-refractivity contribution < 1.29 is 37.1 Å². The Morgan fingerprint density at radius 2 is 1.76 bits per heavy atom. The van der Waals surface area contributed by atoms with Crippen LogP contribution >= 0.6 is 0 Å². The van der Waals surface area contributed by atoms with Crippen LogP contribution < -0.4 is 30.3 Å². The van der Waals surface area contributed by atoms with Crippen molar-refractivity contribution in [1.29, 1.82) is 0 Å². The smallest absolute Gasteiger partial charge is 0.329 e. The van der Waals surface area contributed by atoms with E-state index < -0.39 is 51.9 Å². The van der Waals surface area contributed by atoms with Gasteiger partial charge in [0, 0.05) is 49.7 Å². The van der Waals surface area contributed by atoms with Gasteiger partial charge in [-0.2, -0.15) is 8.42 Å². The van der Waals surface area contributed by atoms with Crippen LogP contribution in [0, 0.1) is 11.7 Å². The summed E-state index contributed by atoms with van der Waals surface area (Å²) >= 11 is 0. The van der Waals surface area contributed by atoms with E-state index in [1.54, 1.807) is 11.8 Å². The highest BCUT2D eigenvalue weighted by atomic mass is 32.2. The second-order valence-electron chi connectivity index (χ2n) is 12.6. The summed E-state index contributed by atoms with van der Waals surface area (Å²) in [6, 6.07) is 10.4. The number of anilines is 3. The molecule has 0 aliphatic carbocycles. The topological polar surface area (TPSA) is 192 Å². The molecular weight excluding hydrogens is 661 g/mol. The molecule has 3 aliphatic rings. The highest BCUT2D eigenvalue weighted by Gasteiger charge is 2.38. The van der Waals surface area contributed by atoms with Gasteiger partial charge in [-0.3, -0.25) is 33.6 Å². The molecule has 0 unspecified atom stereocenters. The number of benzene rings is 3. The number of hydrogen-bond donors (Lipinski definition) is 4. The number of imidazole rings is 1. The summed E-state index contributed by atoms with van der Waals surface area (Å²) in [5.41, 5.74) is 1.59. The number of fused-ring (bicyclic) bond motifs is 2. The lowest BCUT2D eigenvalue weighted by Gasteiger charge is -2.33. The van der Waals surface area contributed by atoms with Crippen LogP contribution in [-0.2, 0) is 36.4 Å². The van der Waals surface area contributed by atoms with Crippen LogP contribution in [0.2, 0.25) is 0 Å². The van der Waals surface area contributed by atoms with Gasteiger partial charge in [0.15, 0.2) is 5.82 Å². The van der Waals surface area contributed by atoms with Crippen molar-refractivity contribution in [2.75, 3.05) is 34.2 Å². The highest BCUT2D eigenvalue weighted by molar-refractivity contribution is 7.92. The average Bonchev–Trinajstić information content (AvgIpc) is 3.46. The third-order valence-electron chi connectivity index (χ3n) is 9.43. The minimum Gasteiger partial charge on any atom is -0.506 e. The summed E-state index contributed by atoms with van der Waals surface area (Å²) in [6.45, 7) is 0.689. The number of piperidine rings is 2. The maximum Gasteiger partial charge on any atom is 0.329 e. The van der Waals surface area contributed by atoms with Crippen molar-refractivity contribution in [3.8, 4) is 5.75 Å². The van der Waals surface area contributed by atoms with E-state index in [9.17, 15) is 37.5 Å². The van der Waals surface area contributed by atoms with Crippen LogP contribution in [0.4, 0.5) is 21.5 Å². The van der Waals surface area contributed by atoms with Crippen molar-refractivity contribution in [3.63, 3.8) is 0 Å². The number of hydrogen-bond acceptors (Lipinski definition) is 9. The minimum atomic E-state index is -4.34. The number of nitrogens with one attached hydrogen (secondary N) is 3. The molecule has 256 valence electrons. The van der Waals surface area contributed by atoms with Gasteiger partial charge in [0.1, 0.15) is 24.0 Å². The number of phenols is 1. The van der Waals surface area contributed by atoms with E-state index in [2.05, 4.69) is 15.5 Å². The largest absolute Gasteiger partial charge is 0.506 e. The molecule has 4 heterocycles. The molecule has 3 aliphatic heterocycles. The first-order valence-electron chi connectivity index (χ1n) is 15.7. The maximum atomic E-state index is 15.4. The predicted molar refractivity (Wildman–Crippen MR) is 177 cm³/mol. The first-order valence-corrected chi connectivity index (χ1v) is 17.1. The van der Waals surface area contributed by atoms with Crippen LogP contribution in [-0.4, -0.2) is 65.9 Å². The minimum absolute atomic E-state index is 0.00137. The SMILES string of the molecule is Cn1c(=O)n([C@H]2CCC(=O)NC2=O)c2ccc(N3CCC(CC(=O)Nc4ccc5c(F)c(N6CC(=O)NS6(=O)=O)c(O)cc5c4)CC3)cc21. The van der Waals surface area contributed by atoms with Gasteiger partial charge in [-0.05, 0) is 73.0 Å². The molecule has 15 nitrogen and oxygen atoms in total. The molecule has 0 bridgehead atoms. The Labute approximate surface area is 278 Å². The molecule has 0 saturated carbocycles. The fraction of sp³-hybridized carbons (Fsp3) is 0.344. The monoisotopic (exact) mass is 693 g/mol. The fourth-order valence-corrected chi connectivity index (χ4v) is 8.11. The zero-order chi connectivity index (χ0) is 34.8. The molecule has 3 aromatic carbocycles. The van der Waals surface area contributed by atoms with E-state index in [4.69, 9.17) is 0 Å². The zero-order valence-electron chi connectivity index (χ0n) is 26.2. The fourth-order valence-electron chi connectivity index (χ4n) is 6.95. The van der Waals surface area contributed by atoms with E-state index in [0.717, 1.165) is 18.5 Å². The Hall–Kier alpha value is -5.45. The van der Waals surface area contributed by atoms with E-state index in [0.29, 0.717) is 34.1 Å². The molecular formula is C32H32FN7O8S. The number of aromatic hydroxyl groups is 1. The van der Waals surface area contributed by atoms with Gasteiger partial charge >= 0.3 is 15.9 Å². The van der Waals surface area contributed by atoms with E-state index in [1.165, 1.54) is 33.4 Å². The predicted octanol–water partition coefficient (Wildman–Crippen LogP) is 1.74. The quantitative estimate of drug-likeness (QED) is 0.218. The van der Waals surface area contributed by atoms with E-state index >= 15 is 4.39 Å². The van der Waals surface area contributed by atoms with E-state index in [1.807, 2.05) is 18.2 Å². The summed E-state index contributed by atoms with van der Waals surface area (Å²) in [6.07, 6.45) is 2.14. The molecule has 0 spiro atoms. The number of rotatable bonds is 6. The second-order valence-corrected chi connectivity index (χ2v) is 14.2. The Morgan fingerprint density at radius 1 is 1.00 bits per heavy atom. The summed E-state index contributed by atoms with van der Waals surface area (Å²) in [5.74, 6) is -3.52. The molecule has 3 fully saturated rings. The van der Waals surface area contributed by atoms with Gasteiger partial charge in [-0.25, -0.2) is 18.2 Å². The number of phenolic OH excluding ortho intramolecular Hbond substituents is 1. The molecule has 4 amide bonds. The van der Waals surface area contributed by atoms with Gasteiger partial charge in [0.25, 0.3) is 5.91 Å². The van der Waals surface area contributed by atoms with Crippen molar-refractivity contribution in [2.24, 2.45) is 13.0 Å². The Kier molecular flexibility index (Phi) is 7.80. The van der Waals surface area contributed by atoms with Gasteiger partial charge in [-0.15, -0.1) is 0 Å². The Bertz CT molecular complexity index is 2260. The number of carbonyl (C=O) groups excluding carboxylic acids is 4. The first-order chi connectivity index (χ1) is 23.3. The highest BCUT2D eigenvalue weighted by Crippen LogP contribution is 2.39. The van der Waals surface area contributed by atoms with E-state index in [-0.39, 0.29) is 53.5 Å². The molecule has 7 rings (SSSR count). The van der Waals surface area contributed by atoms with Crippen LogP contribution in [0.3, 0.4) is 0 Å². The third kappa shape index (κ3) is 5.72. The van der Waals surface area contributed by atoms with Crippen molar-refractivity contribution in [1.82, 2.24) is 19.2 Å². The van der Waals surface area contributed by atoms with Crippen LogP contribution in [0.15, 0.2) is 47.3 Å². The first kappa shape index (κ1) is 32.1. The number of halogens is 1. The Morgan fingerprint density at radius 3 is 2.45 bits per heavy atom. The van der Waals surface area contributed by atoms with Gasteiger partial charge in [-0.1, -0.05) is 0 Å². The number of nitrogens with zero attached hydrogens (tertiary/aromatic N) is 4. The molecule has 4 N–H and O–H groups in total. The van der Waals surface area contributed by atoms with Crippen molar-refractivity contribution in [2.45, 2.75) is 38.1 Å². The summed E-state index contributed by atoms with van der Waals surface area (Å²) < 4.78 is 45.0. The van der Waals surface area contributed by atoms with Crippen LogP contribution in [0.5, 0.6) is 5.75 Å². The van der Waals surface area contributed by atoms with Crippen molar-refractivity contribution in [3.05, 3.63) is 58.8 Å². The van der Waals surface area contributed by atoms with Crippen LogP contribution in [0.25, 0.3) is 21.8 Å². The van der Waals surface area contributed by atoms with Crippen LogP contribution in [0.1, 0.15) is 38.1 Å². The number of amides is 4. The Balaban J connectivity index is 0.995. The summed E-state index contributed by atoms with van der Waals surface area (Å²) in [4.78, 5) is 64.0. The molecule has 1 aromatic heterocycles. The molecule has 4 aromatic rings. The lowest BCUT2D eigenvalue weighted by Crippen LogP contribution is -2.44. The number of aryl methyl sites for hydroxylation is 1. The molecule has 17 heteroatoms. The normalized spacial score (nSPS) is 19.8. The lowest BCUT2D eigenvalue weighted by atomic mass is 9.93. The van der Waals surface area contributed by atoms with Gasteiger partial charge in [0.2, 0.25) is 17.7 Å². The zero-order valence-corrected chi connectivity index (χ0v) is 27.0. The van der Waals surface area contributed by atoms with Gasteiger partial charge < -0.3 is 15.3 Å². The maximum absolute atomic E-state index is 15.4. The summed E-state index contributed by atoms with van der Waals surface area (Å²) in [7, 11) is -2.69. The summed E-state index contributed by atoms with van der Waals surface area (Å²) in [5, 5.41) is 15.8. The number of carbonyl (C=O) groups is 4. The van der Waals surface area contributed by atoms with Crippen molar-refractivity contribution >= 4 is 72.7 Å². The second kappa shape index (κ2) is 11.9. The van der Waals surface area contributed by atoms with Gasteiger partial charge in [0.05, 0.1) is 11.0 Å². The number of imide groups is 1. The standard InChI is InChI=1S/C32H32FN7O8S/c1-37-24-15-20(3-5-22(24)40(32(37)46)23-6-7-26(42)35-31(23)45)38-10-8-17(9-11-38)12-27(43)34-19-2-4-21-18(13-19)14-25(41)30(29(21)33)39-16-28(44)36-49(39,47)48/h2-5,13-15,17,23,41H,6-12,16H2,1H3,(H,34,43)(H,36,44)(H,35,42,45)/t23-/m0/s1. The number of aromatic nitrogens is 2.